The first-order valence-electron chi connectivity index (χ1n) is 9.13. The van der Waals surface area contributed by atoms with Crippen LogP contribution in [0.5, 0.6) is 0 Å². The quantitative estimate of drug-likeness (QED) is 0.422. The van der Waals surface area contributed by atoms with Crippen molar-refractivity contribution in [2.45, 2.75) is 21.3 Å². The molecular formula is C21H17ClF3NO4S2. The van der Waals surface area contributed by atoms with Crippen LogP contribution in [0.25, 0.3) is 0 Å². The minimum Gasteiger partial charge on any atom is -0.206 e. The summed E-state index contributed by atoms with van der Waals surface area (Å²) in [6.45, 7) is -0.721. The number of rotatable bonds is 7. The van der Waals surface area contributed by atoms with Crippen molar-refractivity contribution < 1.29 is 30.0 Å². The Balaban J connectivity index is 2.04. The first-order chi connectivity index (χ1) is 14.9. The summed E-state index contributed by atoms with van der Waals surface area (Å²) in [5.74, 6) is 0. The zero-order chi connectivity index (χ0) is 23.6. The zero-order valence-electron chi connectivity index (χ0n) is 16.3. The average molecular weight is 504 g/mol. The van der Waals surface area contributed by atoms with Crippen molar-refractivity contribution in [1.29, 1.82) is 0 Å². The second-order valence-electron chi connectivity index (χ2n) is 6.68. The van der Waals surface area contributed by atoms with E-state index < -0.39 is 43.7 Å². The van der Waals surface area contributed by atoms with Crippen molar-refractivity contribution in [2.24, 2.45) is 0 Å². The van der Waals surface area contributed by atoms with Gasteiger partial charge in [-0.3, -0.25) is 0 Å². The van der Waals surface area contributed by atoms with Gasteiger partial charge in [0.05, 0.1) is 27.3 Å². The topological polar surface area (TPSA) is 71.5 Å². The number of halogens is 4. The molecule has 32 heavy (non-hydrogen) atoms. The Morgan fingerprint density at radius 3 is 1.50 bits per heavy atom. The molecular weight excluding hydrogens is 487 g/mol. The van der Waals surface area contributed by atoms with Gasteiger partial charge in [0.2, 0.25) is 0 Å². The molecule has 1 atom stereocenters. The number of hydrogen-bond donors (Lipinski definition) is 0. The normalized spacial score (nSPS) is 13.8. The molecule has 1 unspecified atom stereocenters. The van der Waals surface area contributed by atoms with Crippen molar-refractivity contribution in [1.82, 2.24) is 3.71 Å². The molecule has 0 aliphatic heterocycles. The molecule has 11 heteroatoms. The first kappa shape index (κ1) is 24.2. The summed E-state index contributed by atoms with van der Waals surface area (Å²) >= 11 is 6.30. The van der Waals surface area contributed by atoms with E-state index in [0.717, 1.165) is 24.3 Å². The van der Waals surface area contributed by atoms with Crippen LogP contribution in [0.4, 0.5) is 13.2 Å². The van der Waals surface area contributed by atoms with Gasteiger partial charge in [0.1, 0.15) is 0 Å². The van der Waals surface area contributed by atoms with Crippen molar-refractivity contribution in [3.8, 4) is 0 Å². The maximum Gasteiger partial charge on any atom is 0.416 e. The molecule has 0 aliphatic carbocycles. The van der Waals surface area contributed by atoms with Gasteiger partial charge in [0, 0.05) is 0 Å². The smallest absolute Gasteiger partial charge is 0.206 e. The van der Waals surface area contributed by atoms with Crippen LogP contribution < -0.4 is 0 Å². The van der Waals surface area contributed by atoms with E-state index in [-0.39, 0.29) is 19.1 Å². The molecule has 0 aliphatic rings. The summed E-state index contributed by atoms with van der Waals surface area (Å²) in [6.07, 6.45) is -4.56. The molecule has 0 radical (unpaired) electrons. The molecule has 170 valence electrons. The Hall–Kier alpha value is -2.40. The SMILES string of the molecule is O=S(=O)(c1ccccc1)N(CC(Cl)c1ccc(C(F)(F)F)cc1)S(=O)(=O)c1ccccc1. The van der Waals surface area contributed by atoms with Crippen LogP contribution in [-0.4, -0.2) is 27.1 Å². The fourth-order valence-corrected chi connectivity index (χ4v) is 7.02. The highest BCUT2D eigenvalue weighted by atomic mass is 35.5. The molecule has 3 rings (SSSR count). The Kier molecular flexibility index (Phi) is 6.99. The third-order valence-corrected chi connectivity index (χ3v) is 9.20. The van der Waals surface area contributed by atoms with Gasteiger partial charge in [0.25, 0.3) is 20.0 Å². The predicted octanol–water partition coefficient (Wildman–Crippen LogP) is 5.07. The number of nitrogens with zero attached hydrogens (tertiary/aromatic N) is 1. The highest BCUT2D eigenvalue weighted by Crippen LogP contribution is 2.33. The number of alkyl halides is 4. The van der Waals surface area contributed by atoms with Crippen LogP contribution in [0.3, 0.4) is 0 Å². The standard InChI is InChI=1S/C21H17ClF3NO4S2/c22-20(16-11-13-17(14-12-16)21(23,24)25)15-26(31(27,28)18-7-3-1-4-8-18)32(29,30)19-9-5-2-6-10-19/h1-14,20H,15H2. The fraction of sp³-hybridized carbons (Fsp3) is 0.143. The van der Waals surface area contributed by atoms with E-state index in [0.29, 0.717) is 0 Å². The summed E-state index contributed by atoms with van der Waals surface area (Å²) in [4.78, 5) is -0.536. The van der Waals surface area contributed by atoms with Crippen molar-refractivity contribution >= 4 is 31.6 Å². The van der Waals surface area contributed by atoms with E-state index in [1.165, 1.54) is 48.5 Å². The minimum absolute atomic E-state index is 0.135. The summed E-state index contributed by atoms with van der Waals surface area (Å²) in [7, 11) is -9.12. The van der Waals surface area contributed by atoms with Gasteiger partial charge in [-0.25, -0.2) is 16.8 Å². The fourth-order valence-electron chi connectivity index (χ4n) is 2.86. The summed E-state index contributed by atoms with van der Waals surface area (Å²) in [6, 6.07) is 17.6. The highest BCUT2D eigenvalue weighted by Gasteiger charge is 2.38. The number of benzene rings is 3. The molecule has 0 fully saturated rings. The minimum atomic E-state index is -4.56. The van der Waals surface area contributed by atoms with Crippen LogP contribution in [0, 0.1) is 0 Å². The average Bonchev–Trinajstić information content (AvgIpc) is 2.77. The third kappa shape index (κ3) is 5.15. The molecule has 5 nitrogen and oxygen atoms in total. The van der Waals surface area contributed by atoms with E-state index in [9.17, 15) is 30.0 Å². The van der Waals surface area contributed by atoms with Crippen LogP contribution >= 0.6 is 11.6 Å². The molecule has 0 saturated carbocycles. The zero-order valence-corrected chi connectivity index (χ0v) is 18.7. The molecule has 0 N–H and O–H groups in total. The first-order valence-corrected chi connectivity index (χ1v) is 12.4. The largest absolute Gasteiger partial charge is 0.416 e. The van der Waals surface area contributed by atoms with Gasteiger partial charge >= 0.3 is 6.18 Å². The van der Waals surface area contributed by atoms with E-state index in [1.807, 2.05) is 0 Å². The highest BCUT2D eigenvalue weighted by molar-refractivity contribution is 8.04. The molecule has 0 spiro atoms. The van der Waals surface area contributed by atoms with Crippen LogP contribution in [0.2, 0.25) is 0 Å². The molecule has 0 saturated heterocycles. The maximum absolute atomic E-state index is 13.2. The number of hydrogen-bond acceptors (Lipinski definition) is 4. The Morgan fingerprint density at radius 2 is 1.12 bits per heavy atom. The Morgan fingerprint density at radius 1 is 0.719 bits per heavy atom. The molecule has 0 amide bonds. The van der Waals surface area contributed by atoms with E-state index >= 15 is 0 Å². The Bertz CT molecular complexity index is 1200. The lowest BCUT2D eigenvalue weighted by Gasteiger charge is -2.24. The predicted molar refractivity (Wildman–Crippen MR) is 114 cm³/mol. The van der Waals surface area contributed by atoms with Gasteiger partial charge in [-0.05, 0) is 42.0 Å². The van der Waals surface area contributed by atoms with E-state index in [1.54, 1.807) is 12.1 Å². The molecule has 0 aromatic heterocycles. The van der Waals surface area contributed by atoms with Crippen LogP contribution in [0.15, 0.2) is 94.7 Å². The van der Waals surface area contributed by atoms with Crippen LogP contribution in [0.1, 0.15) is 16.5 Å². The third-order valence-electron chi connectivity index (χ3n) is 4.53. The van der Waals surface area contributed by atoms with Crippen molar-refractivity contribution in [2.75, 3.05) is 6.54 Å². The van der Waals surface area contributed by atoms with E-state index in [4.69, 9.17) is 11.6 Å². The van der Waals surface area contributed by atoms with Gasteiger partial charge in [-0.2, -0.15) is 13.2 Å². The summed E-state index contributed by atoms with van der Waals surface area (Å²) in [5.41, 5.74) is -0.771. The molecule has 0 heterocycles. The van der Waals surface area contributed by atoms with E-state index in [2.05, 4.69) is 0 Å². The summed E-state index contributed by atoms with van der Waals surface area (Å²) in [5, 5.41) is -1.24. The van der Waals surface area contributed by atoms with Gasteiger partial charge in [-0.15, -0.1) is 11.6 Å². The number of sulfonamides is 2. The second-order valence-corrected chi connectivity index (χ2v) is 11.2. The van der Waals surface area contributed by atoms with Gasteiger partial charge in [0.15, 0.2) is 0 Å². The summed E-state index contributed by atoms with van der Waals surface area (Å²) < 4.78 is 91.7. The van der Waals surface area contributed by atoms with Crippen molar-refractivity contribution in [3.63, 3.8) is 0 Å². The monoisotopic (exact) mass is 503 g/mol. The second kappa shape index (κ2) is 9.22. The molecule has 0 bridgehead atoms. The lowest BCUT2D eigenvalue weighted by Crippen LogP contribution is -2.39. The lowest BCUT2D eigenvalue weighted by molar-refractivity contribution is -0.137. The van der Waals surface area contributed by atoms with Crippen molar-refractivity contribution in [3.05, 3.63) is 96.1 Å². The van der Waals surface area contributed by atoms with Gasteiger partial charge in [-0.1, -0.05) is 52.2 Å². The molecule has 3 aromatic rings. The maximum atomic E-state index is 13.2. The molecule has 3 aromatic carbocycles. The van der Waals surface area contributed by atoms with Crippen LogP contribution in [-0.2, 0) is 26.2 Å². The Labute approximate surface area is 189 Å². The van der Waals surface area contributed by atoms with Gasteiger partial charge < -0.3 is 0 Å². The lowest BCUT2D eigenvalue weighted by atomic mass is 10.1.